The molecule has 0 aliphatic rings. The normalized spacial score (nSPS) is 11.0. The van der Waals surface area contributed by atoms with E-state index in [4.69, 9.17) is 11.6 Å². The molecule has 2 aromatic rings. The van der Waals surface area contributed by atoms with E-state index in [1.165, 1.54) is 0 Å². The molecule has 1 aromatic carbocycles. The first-order valence-electron chi connectivity index (χ1n) is 10.1. The van der Waals surface area contributed by atoms with Gasteiger partial charge in [-0.15, -0.1) is 0 Å². The Hall–Kier alpha value is -2.77. The van der Waals surface area contributed by atoms with Crippen molar-refractivity contribution >= 4 is 40.6 Å². The van der Waals surface area contributed by atoms with E-state index in [0.29, 0.717) is 16.4 Å². The molecule has 0 saturated heterocycles. The number of rotatable bonds is 10. The Morgan fingerprint density at radius 2 is 1.75 bits per heavy atom. The molecule has 172 valence electrons. The van der Waals surface area contributed by atoms with Crippen LogP contribution in [0.4, 0.5) is 5.69 Å². The number of aryl methyl sites for hydroxylation is 1. The van der Waals surface area contributed by atoms with Gasteiger partial charge in [-0.1, -0.05) is 31.5 Å². The number of nitrogens with one attached hydrogen (secondary N) is 2. The van der Waals surface area contributed by atoms with Crippen LogP contribution >= 0.6 is 11.6 Å². The highest BCUT2D eigenvalue weighted by Crippen LogP contribution is 2.20. The number of benzene rings is 1. The average molecular weight is 479 g/mol. The first kappa shape index (κ1) is 27.3. The van der Waals surface area contributed by atoms with E-state index in [-0.39, 0.29) is 61.7 Å². The summed E-state index contributed by atoms with van der Waals surface area (Å²) < 4.78 is 1.71. The molecular weight excluding hydrogens is 451 g/mol. The molecule has 0 aliphatic carbocycles. The van der Waals surface area contributed by atoms with Crippen molar-refractivity contribution in [3.8, 4) is 0 Å². The van der Waals surface area contributed by atoms with Gasteiger partial charge in [0.15, 0.2) is 12.4 Å². The van der Waals surface area contributed by atoms with Crippen molar-refractivity contribution in [1.82, 2.24) is 5.43 Å². The number of amides is 2. The number of carbonyl (C=O) groups excluding carboxylic acids is 3. The minimum Gasteiger partial charge on any atom is -1.00 e. The van der Waals surface area contributed by atoms with Crippen molar-refractivity contribution in [2.45, 2.75) is 46.6 Å². The second-order valence-electron chi connectivity index (χ2n) is 7.57. The molecule has 2 N–H and O–H groups in total. The second kappa shape index (κ2) is 13.6. The molecule has 0 unspecified atom stereocenters. The van der Waals surface area contributed by atoms with E-state index in [9.17, 15) is 14.4 Å². The molecule has 2 rings (SSSR count). The van der Waals surface area contributed by atoms with Gasteiger partial charge >= 0.3 is 5.91 Å². The fourth-order valence-electron chi connectivity index (χ4n) is 2.71. The van der Waals surface area contributed by atoms with Crippen molar-refractivity contribution in [3.63, 3.8) is 0 Å². The van der Waals surface area contributed by atoms with Crippen molar-refractivity contribution in [2.24, 2.45) is 11.0 Å². The molecule has 0 aliphatic heterocycles. The number of nitrogens with zero attached hydrogens (tertiary/aromatic N) is 2. The van der Waals surface area contributed by atoms with Gasteiger partial charge < -0.3 is 17.7 Å². The number of hydrogen-bond donors (Lipinski definition) is 2. The number of hydrogen-bond acceptors (Lipinski definition) is 4. The highest BCUT2D eigenvalue weighted by atomic mass is 35.5. The number of Topliss-reactive ketones (excluding diaryl/α,β-unsaturated/α-hetero) is 1. The van der Waals surface area contributed by atoms with Crippen LogP contribution in [0.2, 0.25) is 5.02 Å². The number of halogens is 2. The Bertz CT molecular complexity index is 963. The van der Waals surface area contributed by atoms with Gasteiger partial charge in [-0.3, -0.25) is 14.4 Å². The van der Waals surface area contributed by atoms with Crippen molar-refractivity contribution in [3.05, 3.63) is 59.4 Å². The molecule has 7 nitrogen and oxygen atoms in total. The lowest BCUT2D eigenvalue weighted by molar-refractivity contribution is -0.684. The topological polar surface area (TPSA) is 91.5 Å². The molecule has 1 heterocycles. The smallest absolute Gasteiger partial charge is 0.305 e. The average Bonchev–Trinajstić information content (AvgIpc) is 2.72. The van der Waals surface area contributed by atoms with Crippen LogP contribution in [0.1, 0.15) is 38.7 Å². The van der Waals surface area contributed by atoms with E-state index in [0.717, 1.165) is 5.56 Å². The molecule has 0 atom stereocenters. The minimum atomic E-state index is -0.313. The molecule has 2 amide bonds. The van der Waals surface area contributed by atoms with Gasteiger partial charge in [-0.05, 0) is 37.1 Å². The zero-order chi connectivity index (χ0) is 22.8. The number of carbonyl (C=O) groups is 3. The van der Waals surface area contributed by atoms with E-state index in [1.807, 2.05) is 25.1 Å². The molecule has 9 heteroatoms. The minimum absolute atomic E-state index is 0. The van der Waals surface area contributed by atoms with Crippen LogP contribution in [0.3, 0.4) is 0 Å². The van der Waals surface area contributed by atoms with E-state index in [2.05, 4.69) is 15.8 Å². The lowest BCUT2D eigenvalue weighted by Crippen LogP contribution is -3.00. The maximum atomic E-state index is 12.4. The van der Waals surface area contributed by atoms with Crippen LogP contribution in [0.25, 0.3) is 0 Å². The molecule has 0 fully saturated rings. The number of aromatic nitrogens is 1. The summed E-state index contributed by atoms with van der Waals surface area (Å²) in [6.07, 6.45) is 4.03. The fourth-order valence-corrected chi connectivity index (χ4v) is 2.94. The summed E-state index contributed by atoms with van der Waals surface area (Å²) in [5.41, 5.74) is 4.50. The molecule has 32 heavy (non-hydrogen) atoms. The summed E-state index contributed by atoms with van der Waals surface area (Å²) in [6, 6.07) is 10.7. The van der Waals surface area contributed by atoms with Gasteiger partial charge in [0, 0.05) is 47.3 Å². The fraction of sp³-hybridized carbons (Fsp3) is 0.348. The monoisotopic (exact) mass is 478 g/mol. The first-order chi connectivity index (χ1) is 14.7. The van der Waals surface area contributed by atoms with Crippen LogP contribution < -0.4 is 27.7 Å². The maximum Gasteiger partial charge on any atom is 0.305 e. The summed E-state index contributed by atoms with van der Waals surface area (Å²) in [4.78, 5) is 36.7. The first-order valence-corrected chi connectivity index (χ1v) is 10.5. The molecule has 0 saturated carbocycles. The van der Waals surface area contributed by atoms with Crippen molar-refractivity contribution in [1.29, 1.82) is 0 Å². The standard InChI is InChI=1S/C23H27ClN4O3.ClH/c1-16(2)21(29)14-19(26-27-23(31)15-28-11-5-4-6-12-28)8-10-22(30)25-20-9-7-18(24)13-17(20)3;/h4-7,9,11-13,16H,8,10,14-15H2,1-3H3,(H-,25,27,30,31);1H. The van der Waals surface area contributed by atoms with Crippen molar-refractivity contribution < 1.29 is 31.4 Å². The maximum absolute atomic E-state index is 12.4. The third-order valence-corrected chi connectivity index (χ3v) is 4.80. The third-order valence-electron chi connectivity index (χ3n) is 4.57. The molecule has 0 spiro atoms. The number of hydrazone groups is 1. The largest absolute Gasteiger partial charge is 1.00 e. The predicted octanol–water partition coefficient (Wildman–Crippen LogP) is 0.446. The molecule has 0 radical (unpaired) electrons. The van der Waals surface area contributed by atoms with Crippen LogP contribution in [0.15, 0.2) is 53.9 Å². The SMILES string of the molecule is Cc1cc(Cl)ccc1NC(=O)CCC(CC(=O)C(C)C)=NNC(=O)C[n+]1ccccc1.[Cl-]. The second-order valence-corrected chi connectivity index (χ2v) is 8.00. The lowest BCUT2D eigenvalue weighted by Gasteiger charge is -2.10. The van der Waals surface area contributed by atoms with E-state index in [1.54, 1.807) is 49.0 Å². The summed E-state index contributed by atoms with van der Waals surface area (Å²) in [5.74, 6) is -0.682. The third kappa shape index (κ3) is 9.58. The van der Waals surface area contributed by atoms with Gasteiger partial charge in [0.2, 0.25) is 12.5 Å². The van der Waals surface area contributed by atoms with Crippen LogP contribution in [0.5, 0.6) is 0 Å². The molecule has 1 aromatic heterocycles. The zero-order valence-electron chi connectivity index (χ0n) is 18.4. The van der Waals surface area contributed by atoms with E-state index < -0.39 is 0 Å². The van der Waals surface area contributed by atoms with Gasteiger partial charge in [-0.25, -0.2) is 5.43 Å². The Morgan fingerprint density at radius 3 is 2.38 bits per heavy atom. The Morgan fingerprint density at radius 1 is 1.06 bits per heavy atom. The Labute approximate surface area is 199 Å². The summed E-state index contributed by atoms with van der Waals surface area (Å²) >= 11 is 5.95. The predicted molar refractivity (Wildman–Crippen MR) is 121 cm³/mol. The van der Waals surface area contributed by atoms with Gasteiger partial charge in [0.05, 0.1) is 0 Å². The molecule has 0 bridgehead atoms. The summed E-state index contributed by atoms with van der Waals surface area (Å²) in [5, 5.41) is 7.57. The van der Waals surface area contributed by atoms with Gasteiger partial charge in [0.25, 0.3) is 0 Å². The Kier molecular flexibility index (Phi) is 11.6. The number of pyridine rings is 1. The van der Waals surface area contributed by atoms with Crippen molar-refractivity contribution in [2.75, 3.05) is 5.32 Å². The van der Waals surface area contributed by atoms with Crippen LogP contribution in [-0.4, -0.2) is 23.3 Å². The number of anilines is 1. The quantitative estimate of drug-likeness (QED) is 0.295. The Balaban J connectivity index is 0.00000512. The van der Waals surface area contributed by atoms with E-state index >= 15 is 0 Å². The summed E-state index contributed by atoms with van der Waals surface area (Å²) in [7, 11) is 0. The summed E-state index contributed by atoms with van der Waals surface area (Å²) in [6.45, 7) is 5.57. The zero-order valence-corrected chi connectivity index (χ0v) is 19.9. The highest BCUT2D eigenvalue weighted by molar-refractivity contribution is 6.30. The number of ketones is 1. The molecular formula is C23H28Cl2N4O3. The van der Waals surface area contributed by atoms with Crippen LogP contribution in [-0.2, 0) is 20.9 Å². The van der Waals surface area contributed by atoms with Gasteiger partial charge in [0.1, 0.15) is 5.78 Å². The van der Waals surface area contributed by atoms with Gasteiger partial charge in [-0.2, -0.15) is 9.67 Å². The highest BCUT2D eigenvalue weighted by Gasteiger charge is 2.15. The lowest BCUT2D eigenvalue weighted by atomic mass is 10.0. The van der Waals surface area contributed by atoms with Crippen LogP contribution in [0, 0.1) is 12.8 Å².